The molecule has 0 saturated heterocycles. The highest BCUT2D eigenvalue weighted by molar-refractivity contribution is 6.31. The molecule has 0 fully saturated rings. The van der Waals surface area contributed by atoms with Crippen LogP contribution in [0.4, 0.5) is 5.69 Å². The minimum absolute atomic E-state index is 0.258. The average molecular weight is 354 g/mol. The fraction of sp³-hybridized carbons (Fsp3) is 0.0500. The maximum atomic E-state index is 12.4. The molecule has 0 unspecified atom stereocenters. The van der Waals surface area contributed by atoms with Gasteiger partial charge < -0.3 is 14.8 Å². The van der Waals surface area contributed by atoms with Crippen molar-refractivity contribution < 1.29 is 14.3 Å². The van der Waals surface area contributed by atoms with Crippen LogP contribution in [0.1, 0.15) is 10.4 Å². The summed E-state index contributed by atoms with van der Waals surface area (Å²) in [6, 6.07) is 21.4. The summed E-state index contributed by atoms with van der Waals surface area (Å²) in [5.41, 5.74) is 1.02. The molecule has 0 aromatic heterocycles. The van der Waals surface area contributed by atoms with Gasteiger partial charge in [-0.3, -0.25) is 4.79 Å². The molecule has 0 aliphatic rings. The van der Waals surface area contributed by atoms with Crippen LogP contribution in [0.15, 0.2) is 72.8 Å². The molecule has 3 rings (SSSR count). The zero-order valence-electron chi connectivity index (χ0n) is 13.5. The quantitative estimate of drug-likeness (QED) is 0.668. The molecule has 5 heteroatoms. The van der Waals surface area contributed by atoms with Crippen LogP contribution in [0, 0.1) is 0 Å². The molecule has 0 saturated carbocycles. The lowest BCUT2D eigenvalue weighted by Gasteiger charge is -2.11. The first-order valence-electron chi connectivity index (χ1n) is 7.63. The van der Waals surface area contributed by atoms with Crippen LogP contribution in [0.5, 0.6) is 17.2 Å². The predicted octanol–water partition coefficient (Wildman–Crippen LogP) is 5.39. The van der Waals surface area contributed by atoms with Crippen molar-refractivity contribution in [3.05, 3.63) is 83.4 Å². The molecular formula is C20H16ClNO3. The molecule has 0 heterocycles. The normalized spacial score (nSPS) is 10.2. The SMILES string of the molecule is COc1ccc(Cl)cc1NC(=O)c1ccc(Oc2ccccc2)cc1. The molecule has 0 bridgehead atoms. The van der Waals surface area contributed by atoms with Gasteiger partial charge in [0.2, 0.25) is 0 Å². The monoisotopic (exact) mass is 353 g/mol. The maximum Gasteiger partial charge on any atom is 0.255 e. The molecule has 1 N–H and O–H groups in total. The molecule has 0 spiro atoms. The first kappa shape index (κ1) is 16.9. The van der Waals surface area contributed by atoms with Gasteiger partial charge in [-0.2, -0.15) is 0 Å². The van der Waals surface area contributed by atoms with Gasteiger partial charge in [-0.15, -0.1) is 0 Å². The fourth-order valence-electron chi connectivity index (χ4n) is 2.27. The highest BCUT2D eigenvalue weighted by Gasteiger charge is 2.10. The topological polar surface area (TPSA) is 47.6 Å². The second kappa shape index (κ2) is 7.73. The van der Waals surface area contributed by atoms with E-state index in [1.807, 2.05) is 30.3 Å². The van der Waals surface area contributed by atoms with E-state index in [1.54, 1.807) is 42.5 Å². The van der Waals surface area contributed by atoms with Gasteiger partial charge in [0.15, 0.2) is 0 Å². The summed E-state index contributed by atoms with van der Waals surface area (Å²) >= 11 is 5.98. The molecule has 0 atom stereocenters. The minimum Gasteiger partial charge on any atom is -0.495 e. The summed E-state index contributed by atoms with van der Waals surface area (Å²) in [6.45, 7) is 0. The van der Waals surface area contributed by atoms with Gasteiger partial charge in [-0.1, -0.05) is 29.8 Å². The van der Waals surface area contributed by atoms with E-state index in [0.29, 0.717) is 27.8 Å². The zero-order valence-corrected chi connectivity index (χ0v) is 14.3. The third kappa shape index (κ3) is 4.31. The molecule has 0 radical (unpaired) electrons. The lowest BCUT2D eigenvalue weighted by Crippen LogP contribution is -2.12. The number of carbonyl (C=O) groups is 1. The van der Waals surface area contributed by atoms with E-state index < -0.39 is 0 Å². The third-order valence-electron chi connectivity index (χ3n) is 3.51. The van der Waals surface area contributed by atoms with Gasteiger partial charge in [0.05, 0.1) is 12.8 Å². The molecule has 3 aromatic rings. The maximum absolute atomic E-state index is 12.4. The standard InChI is InChI=1S/C20H16ClNO3/c1-24-19-12-9-15(21)13-18(19)22-20(23)14-7-10-17(11-8-14)25-16-5-3-2-4-6-16/h2-13H,1H3,(H,22,23). The van der Waals surface area contributed by atoms with Gasteiger partial charge in [-0.25, -0.2) is 0 Å². The van der Waals surface area contributed by atoms with Gasteiger partial charge in [0.25, 0.3) is 5.91 Å². The Kier molecular flexibility index (Phi) is 5.21. The summed E-state index contributed by atoms with van der Waals surface area (Å²) in [5, 5.41) is 3.31. The smallest absolute Gasteiger partial charge is 0.255 e. The van der Waals surface area contributed by atoms with Crippen molar-refractivity contribution in [1.82, 2.24) is 0 Å². The number of ether oxygens (including phenoxy) is 2. The second-order valence-electron chi connectivity index (χ2n) is 5.24. The Morgan fingerprint density at radius 2 is 1.60 bits per heavy atom. The zero-order chi connectivity index (χ0) is 17.6. The van der Waals surface area contributed by atoms with Crippen LogP contribution >= 0.6 is 11.6 Å². The Hall–Kier alpha value is -2.98. The summed E-state index contributed by atoms with van der Waals surface area (Å²) in [7, 11) is 1.54. The van der Waals surface area contributed by atoms with Crippen LogP contribution in [0.2, 0.25) is 5.02 Å². The third-order valence-corrected chi connectivity index (χ3v) is 3.74. The van der Waals surface area contributed by atoms with Crippen LogP contribution < -0.4 is 14.8 Å². The number of benzene rings is 3. The van der Waals surface area contributed by atoms with Crippen molar-refractivity contribution in [2.45, 2.75) is 0 Å². The number of nitrogens with one attached hydrogen (secondary N) is 1. The minimum atomic E-state index is -0.258. The molecule has 3 aromatic carbocycles. The van der Waals surface area contributed by atoms with E-state index in [9.17, 15) is 4.79 Å². The van der Waals surface area contributed by atoms with E-state index in [-0.39, 0.29) is 5.91 Å². The Morgan fingerprint density at radius 1 is 0.920 bits per heavy atom. The lowest BCUT2D eigenvalue weighted by atomic mass is 10.2. The molecule has 1 amide bonds. The van der Waals surface area contributed by atoms with E-state index in [0.717, 1.165) is 5.75 Å². The van der Waals surface area contributed by atoms with Gasteiger partial charge in [0, 0.05) is 10.6 Å². The second-order valence-corrected chi connectivity index (χ2v) is 5.67. The molecule has 0 aliphatic heterocycles. The fourth-order valence-corrected chi connectivity index (χ4v) is 2.44. The summed E-state index contributed by atoms with van der Waals surface area (Å²) < 4.78 is 10.9. The van der Waals surface area contributed by atoms with E-state index in [1.165, 1.54) is 7.11 Å². The molecular weight excluding hydrogens is 338 g/mol. The number of hydrogen-bond donors (Lipinski definition) is 1. The summed E-state index contributed by atoms with van der Waals surface area (Å²) in [6.07, 6.45) is 0. The Morgan fingerprint density at radius 3 is 2.28 bits per heavy atom. The van der Waals surface area contributed by atoms with Crippen LogP contribution in [-0.4, -0.2) is 13.0 Å². The number of halogens is 1. The summed E-state index contributed by atoms with van der Waals surface area (Å²) in [5.74, 6) is 1.68. The van der Waals surface area contributed by atoms with Crippen molar-refractivity contribution in [1.29, 1.82) is 0 Å². The summed E-state index contributed by atoms with van der Waals surface area (Å²) in [4.78, 5) is 12.4. The molecule has 25 heavy (non-hydrogen) atoms. The number of rotatable bonds is 5. The van der Waals surface area contributed by atoms with Crippen molar-refractivity contribution in [3.63, 3.8) is 0 Å². The Labute approximate surface area is 151 Å². The molecule has 0 aliphatic carbocycles. The molecule has 4 nitrogen and oxygen atoms in total. The number of methoxy groups -OCH3 is 1. The van der Waals surface area contributed by atoms with Crippen molar-refractivity contribution in [3.8, 4) is 17.2 Å². The van der Waals surface area contributed by atoms with E-state index in [2.05, 4.69) is 5.32 Å². The van der Waals surface area contributed by atoms with Crippen molar-refractivity contribution in [2.24, 2.45) is 0 Å². The van der Waals surface area contributed by atoms with Crippen LogP contribution in [-0.2, 0) is 0 Å². The van der Waals surface area contributed by atoms with E-state index >= 15 is 0 Å². The van der Waals surface area contributed by atoms with Gasteiger partial charge in [0.1, 0.15) is 17.2 Å². The first-order chi connectivity index (χ1) is 12.2. The van der Waals surface area contributed by atoms with Crippen LogP contribution in [0.3, 0.4) is 0 Å². The number of anilines is 1. The highest BCUT2D eigenvalue weighted by atomic mass is 35.5. The largest absolute Gasteiger partial charge is 0.495 e. The molecule has 126 valence electrons. The number of carbonyl (C=O) groups excluding carboxylic acids is 1. The van der Waals surface area contributed by atoms with Crippen molar-refractivity contribution >= 4 is 23.2 Å². The highest BCUT2D eigenvalue weighted by Crippen LogP contribution is 2.28. The van der Waals surface area contributed by atoms with Gasteiger partial charge >= 0.3 is 0 Å². The predicted molar refractivity (Wildman–Crippen MR) is 98.9 cm³/mol. The van der Waals surface area contributed by atoms with Gasteiger partial charge in [-0.05, 0) is 54.6 Å². The Balaban J connectivity index is 1.72. The number of para-hydroxylation sites is 1. The first-order valence-corrected chi connectivity index (χ1v) is 8.01. The average Bonchev–Trinajstić information content (AvgIpc) is 2.63. The lowest BCUT2D eigenvalue weighted by molar-refractivity contribution is 0.102. The van der Waals surface area contributed by atoms with Crippen molar-refractivity contribution in [2.75, 3.05) is 12.4 Å². The number of hydrogen-bond acceptors (Lipinski definition) is 3. The number of amides is 1. The van der Waals surface area contributed by atoms with E-state index in [4.69, 9.17) is 21.1 Å². The Bertz CT molecular complexity index is 864. The van der Waals surface area contributed by atoms with Crippen LogP contribution in [0.25, 0.3) is 0 Å².